The number of nitrogens with two attached hydrogens (primary N) is 1. The predicted octanol–water partition coefficient (Wildman–Crippen LogP) is 5.64. The molecule has 192 valence electrons. The fraction of sp³-hybridized carbons (Fsp3) is 0.393. The zero-order valence-electron chi connectivity index (χ0n) is 21.2. The Morgan fingerprint density at radius 3 is 2.25 bits per heavy atom. The van der Waals surface area contributed by atoms with Crippen LogP contribution in [0.4, 0.5) is 9.18 Å². The van der Waals surface area contributed by atoms with Gasteiger partial charge in [-0.3, -0.25) is 9.89 Å². The first-order valence-electron chi connectivity index (χ1n) is 12.0. The lowest BCUT2D eigenvalue weighted by molar-refractivity contribution is -0.174. The number of amidine groups is 1. The Labute approximate surface area is 211 Å². The van der Waals surface area contributed by atoms with Crippen LogP contribution in [-0.4, -0.2) is 41.0 Å². The van der Waals surface area contributed by atoms with Gasteiger partial charge in [0.15, 0.2) is 6.10 Å². The second-order valence-corrected chi connectivity index (χ2v) is 9.69. The number of benzene rings is 2. The molecule has 0 aromatic heterocycles. The molecule has 2 aromatic rings. The lowest BCUT2D eigenvalue weighted by Crippen LogP contribution is -2.55. The summed E-state index contributed by atoms with van der Waals surface area (Å²) in [6.45, 7) is 7.21. The van der Waals surface area contributed by atoms with Crippen LogP contribution in [0.25, 0.3) is 0 Å². The largest absolute Gasteiger partial charge is 0.453 e. The number of carbonyl (C=O) groups excluding carboxylic acids is 2. The molecule has 0 saturated carbocycles. The first-order chi connectivity index (χ1) is 17.1. The number of nitrogens with zero attached hydrogens (tertiary/aromatic N) is 2. The third kappa shape index (κ3) is 7.16. The lowest BCUT2D eigenvalue weighted by atomic mass is 9.90. The van der Waals surface area contributed by atoms with Crippen molar-refractivity contribution in [3.8, 4) is 0 Å². The summed E-state index contributed by atoms with van der Waals surface area (Å²) in [6, 6.07) is 16.5. The average Bonchev–Trinajstić information content (AvgIpc) is 2.82. The van der Waals surface area contributed by atoms with Crippen molar-refractivity contribution in [1.82, 2.24) is 4.90 Å². The maximum absolute atomic E-state index is 15.0. The summed E-state index contributed by atoms with van der Waals surface area (Å²) in [6.07, 6.45) is -0.181. The Bertz CT molecular complexity index is 1090. The van der Waals surface area contributed by atoms with Gasteiger partial charge < -0.3 is 15.2 Å². The Morgan fingerprint density at radius 2 is 1.69 bits per heavy atom. The van der Waals surface area contributed by atoms with Crippen LogP contribution >= 0.6 is 0 Å². The maximum atomic E-state index is 15.0. The van der Waals surface area contributed by atoms with Crippen LogP contribution in [0.3, 0.4) is 0 Å². The molecule has 1 heterocycles. The number of hydrogen-bond donors (Lipinski definition) is 1. The van der Waals surface area contributed by atoms with Crippen LogP contribution in [0.5, 0.6) is 0 Å². The van der Waals surface area contributed by atoms with Crippen molar-refractivity contribution < 1.29 is 23.5 Å². The van der Waals surface area contributed by atoms with Crippen LogP contribution in [0.15, 0.2) is 77.6 Å². The van der Waals surface area contributed by atoms with E-state index in [1.54, 1.807) is 27.7 Å². The topological polar surface area (TPSA) is 94.2 Å². The molecule has 7 nitrogen and oxygen atoms in total. The molecule has 1 aliphatic rings. The minimum Gasteiger partial charge on any atom is -0.453 e. The van der Waals surface area contributed by atoms with Crippen molar-refractivity contribution in [2.75, 3.05) is 6.54 Å². The monoisotopic (exact) mass is 495 g/mol. The number of amides is 1. The van der Waals surface area contributed by atoms with Crippen molar-refractivity contribution >= 4 is 17.9 Å². The summed E-state index contributed by atoms with van der Waals surface area (Å²) < 4.78 is 26.6. The van der Waals surface area contributed by atoms with Gasteiger partial charge in [0.05, 0.1) is 11.7 Å². The minimum absolute atomic E-state index is 0.309. The zero-order chi connectivity index (χ0) is 26.3. The van der Waals surface area contributed by atoms with Gasteiger partial charge >= 0.3 is 12.1 Å². The smallest absolute Gasteiger partial charge is 0.411 e. The van der Waals surface area contributed by atoms with Gasteiger partial charge in [-0.1, -0.05) is 66.7 Å². The zero-order valence-corrected chi connectivity index (χ0v) is 21.2. The van der Waals surface area contributed by atoms with E-state index in [4.69, 9.17) is 15.2 Å². The fourth-order valence-corrected chi connectivity index (χ4v) is 4.07. The van der Waals surface area contributed by atoms with E-state index >= 15 is 4.39 Å². The molecule has 0 unspecified atom stereocenters. The van der Waals surface area contributed by atoms with Gasteiger partial charge in [-0.05, 0) is 45.2 Å². The maximum Gasteiger partial charge on any atom is 0.411 e. The number of halogens is 1. The Kier molecular flexibility index (Phi) is 8.85. The van der Waals surface area contributed by atoms with Gasteiger partial charge in [-0.15, -0.1) is 0 Å². The van der Waals surface area contributed by atoms with E-state index in [2.05, 4.69) is 4.99 Å². The molecule has 3 rings (SSSR count). The summed E-state index contributed by atoms with van der Waals surface area (Å²) in [5, 5.41) is 0. The van der Waals surface area contributed by atoms with Gasteiger partial charge in [-0.25, -0.2) is 14.0 Å². The third-order valence-corrected chi connectivity index (χ3v) is 5.56. The van der Waals surface area contributed by atoms with E-state index in [-0.39, 0.29) is 6.42 Å². The first kappa shape index (κ1) is 26.9. The fourth-order valence-electron chi connectivity index (χ4n) is 4.07. The highest BCUT2D eigenvalue weighted by Gasteiger charge is 2.49. The molecule has 2 N–H and O–H groups in total. The van der Waals surface area contributed by atoms with Gasteiger partial charge in [0.25, 0.3) is 0 Å². The minimum atomic E-state index is -1.21. The average molecular weight is 496 g/mol. The van der Waals surface area contributed by atoms with Crippen molar-refractivity contribution in [3.05, 3.63) is 83.7 Å². The van der Waals surface area contributed by atoms with E-state index in [1.165, 1.54) is 11.0 Å². The molecule has 0 bridgehead atoms. The number of cyclic esters (lactones) is 1. The molecule has 0 radical (unpaired) electrons. The molecule has 0 spiro atoms. The summed E-state index contributed by atoms with van der Waals surface area (Å²) in [5.41, 5.74) is 6.17. The van der Waals surface area contributed by atoms with E-state index in [0.29, 0.717) is 18.8 Å². The van der Waals surface area contributed by atoms with Crippen LogP contribution in [0, 0.1) is 0 Å². The van der Waals surface area contributed by atoms with Gasteiger partial charge in [0, 0.05) is 13.0 Å². The second kappa shape index (κ2) is 11.8. The number of rotatable bonds is 7. The Balaban J connectivity index is 2.04. The van der Waals surface area contributed by atoms with Crippen LogP contribution in [-0.2, 0) is 14.3 Å². The van der Waals surface area contributed by atoms with Gasteiger partial charge in [0.2, 0.25) is 0 Å². The SMILES string of the molecule is CC(N)=NCC/C=C(\F)C[C@H]1C(=O)O[C@@H](c2ccccc2)[C@@H](c2ccccc2)N1C(=O)OC(C)(C)C. The summed E-state index contributed by atoms with van der Waals surface area (Å²) in [4.78, 5) is 32.2. The highest BCUT2D eigenvalue weighted by Crippen LogP contribution is 2.44. The molecule has 0 aliphatic carbocycles. The Morgan fingerprint density at radius 1 is 1.11 bits per heavy atom. The van der Waals surface area contributed by atoms with Gasteiger partial charge in [-0.2, -0.15) is 0 Å². The lowest BCUT2D eigenvalue weighted by Gasteiger charge is -2.45. The number of aliphatic imine (C=N–C) groups is 1. The Hall–Kier alpha value is -3.68. The van der Waals surface area contributed by atoms with E-state index < -0.39 is 41.7 Å². The predicted molar refractivity (Wildman–Crippen MR) is 137 cm³/mol. The number of morpholine rings is 1. The van der Waals surface area contributed by atoms with Gasteiger partial charge in [0.1, 0.15) is 17.7 Å². The van der Waals surface area contributed by atoms with E-state index in [9.17, 15) is 9.59 Å². The second-order valence-electron chi connectivity index (χ2n) is 9.69. The summed E-state index contributed by atoms with van der Waals surface area (Å²) >= 11 is 0. The molecule has 1 amide bonds. The van der Waals surface area contributed by atoms with Crippen LogP contribution in [0.2, 0.25) is 0 Å². The summed E-state index contributed by atoms with van der Waals surface area (Å²) in [5.74, 6) is -0.824. The van der Waals surface area contributed by atoms with E-state index in [1.807, 2.05) is 60.7 Å². The van der Waals surface area contributed by atoms with Crippen molar-refractivity contribution in [2.24, 2.45) is 10.7 Å². The number of hydrogen-bond acceptors (Lipinski definition) is 5. The highest BCUT2D eigenvalue weighted by atomic mass is 19.1. The number of carbonyl (C=O) groups is 2. The normalized spacial score (nSPS) is 21.2. The quantitative estimate of drug-likeness (QED) is 0.232. The van der Waals surface area contributed by atoms with Crippen molar-refractivity contribution in [3.63, 3.8) is 0 Å². The molecular weight excluding hydrogens is 461 g/mol. The third-order valence-electron chi connectivity index (χ3n) is 5.56. The molecule has 1 aliphatic heterocycles. The summed E-state index contributed by atoms with van der Waals surface area (Å²) in [7, 11) is 0. The molecule has 36 heavy (non-hydrogen) atoms. The van der Waals surface area contributed by atoms with Crippen LogP contribution < -0.4 is 5.73 Å². The highest BCUT2D eigenvalue weighted by molar-refractivity contribution is 5.84. The first-order valence-corrected chi connectivity index (χ1v) is 12.0. The van der Waals surface area contributed by atoms with E-state index in [0.717, 1.165) is 11.1 Å². The van der Waals surface area contributed by atoms with Crippen molar-refractivity contribution in [2.45, 2.75) is 64.3 Å². The molecule has 1 fully saturated rings. The number of esters is 1. The molecule has 8 heteroatoms. The standard InChI is InChI=1S/C28H34FN3O4/c1-19(30)31-17-11-16-22(29)18-23-26(33)35-25(21-14-9-6-10-15-21)24(20-12-7-5-8-13-20)32(23)27(34)36-28(2,3)4/h5-10,12-16,23-25H,11,17-18H2,1-4H3,(H2,30,31)/b22-16-/t23-,24+,25-/m0/s1. The molecule has 1 saturated heterocycles. The van der Waals surface area contributed by atoms with Crippen molar-refractivity contribution in [1.29, 1.82) is 0 Å². The molecule has 3 atom stereocenters. The molecular formula is C28H34FN3O4. The molecule has 2 aromatic carbocycles. The van der Waals surface area contributed by atoms with Crippen LogP contribution in [0.1, 0.15) is 63.8 Å². The number of ether oxygens (including phenoxy) is 2.